The smallest absolute Gasteiger partial charge is 0.225 e. The van der Waals surface area contributed by atoms with Crippen molar-refractivity contribution >= 4 is 5.91 Å². The van der Waals surface area contributed by atoms with Gasteiger partial charge in [-0.15, -0.1) is 0 Å². The molecule has 98 valence electrons. The van der Waals surface area contributed by atoms with E-state index in [9.17, 15) is 4.79 Å². The molecule has 0 saturated heterocycles. The SMILES string of the molecule is COc1ccccc1CN(C)C(=O)C1CC(N)C1. The van der Waals surface area contributed by atoms with Gasteiger partial charge in [-0.05, 0) is 18.9 Å². The maximum Gasteiger partial charge on any atom is 0.225 e. The first-order chi connectivity index (χ1) is 8.61. The molecule has 1 amide bonds. The van der Waals surface area contributed by atoms with E-state index in [0.29, 0.717) is 6.54 Å². The predicted molar refractivity (Wildman–Crippen MR) is 70.2 cm³/mol. The zero-order valence-electron chi connectivity index (χ0n) is 10.9. The van der Waals surface area contributed by atoms with Crippen molar-refractivity contribution in [1.82, 2.24) is 4.90 Å². The van der Waals surface area contributed by atoms with Crippen LogP contribution in [-0.2, 0) is 11.3 Å². The van der Waals surface area contributed by atoms with Crippen LogP contribution in [0.15, 0.2) is 24.3 Å². The first-order valence-electron chi connectivity index (χ1n) is 6.24. The summed E-state index contributed by atoms with van der Waals surface area (Å²) >= 11 is 0. The Hall–Kier alpha value is -1.55. The highest BCUT2D eigenvalue weighted by Gasteiger charge is 2.33. The van der Waals surface area contributed by atoms with Gasteiger partial charge in [-0.1, -0.05) is 18.2 Å². The number of amides is 1. The van der Waals surface area contributed by atoms with E-state index in [1.165, 1.54) is 0 Å². The van der Waals surface area contributed by atoms with E-state index >= 15 is 0 Å². The molecule has 0 radical (unpaired) electrons. The minimum absolute atomic E-state index is 0.111. The molecule has 1 aliphatic carbocycles. The van der Waals surface area contributed by atoms with Crippen molar-refractivity contribution in [2.75, 3.05) is 14.2 Å². The number of methoxy groups -OCH3 is 1. The lowest BCUT2D eigenvalue weighted by Gasteiger charge is -2.34. The second kappa shape index (κ2) is 5.40. The minimum atomic E-state index is 0.111. The average Bonchev–Trinajstić information content (AvgIpc) is 2.34. The van der Waals surface area contributed by atoms with Crippen LogP contribution in [-0.4, -0.2) is 31.0 Å². The van der Waals surface area contributed by atoms with E-state index < -0.39 is 0 Å². The maximum atomic E-state index is 12.1. The van der Waals surface area contributed by atoms with E-state index in [1.807, 2.05) is 31.3 Å². The Balaban J connectivity index is 1.98. The van der Waals surface area contributed by atoms with Crippen molar-refractivity contribution in [3.05, 3.63) is 29.8 Å². The van der Waals surface area contributed by atoms with Gasteiger partial charge < -0.3 is 15.4 Å². The molecule has 4 heteroatoms. The summed E-state index contributed by atoms with van der Waals surface area (Å²) in [4.78, 5) is 13.9. The highest BCUT2D eigenvalue weighted by atomic mass is 16.5. The second-order valence-electron chi connectivity index (χ2n) is 4.93. The Morgan fingerprint density at radius 3 is 2.72 bits per heavy atom. The number of nitrogens with zero attached hydrogens (tertiary/aromatic N) is 1. The van der Waals surface area contributed by atoms with Gasteiger partial charge in [0.1, 0.15) is 5.75 Å². The standard InChI is InChI=1S/C14H20N2O2/c1-16(14(17)11-7-12(15)8-11)9-10-5-3-4-6-13(10)18-2/h3-6,11-12H,7-9,15H2,1-2H3. The summed E-state index contributed by atoms with van der Waals surface area (Å²) in [6.45, 7) is 0.578. The Labute approximate surface area is 108 Å². The third kappa shape index (κ3) is 2.64. The molecule has 0 bridgehead atoms. The molecule has 0 spiro atoms. The first-order valence-corrected chi connectivity index (χ1v) is 6.24. The molecule has 0 unspecified atom stereocenters. The molecule has 4 nitrogen and oxygen atoms in total. The van der Waals surface area contributed by atoms with Crippen molar-refractivity contribution in [2.24, 2.45) is 11.7 Å². The van der Waals surface area contributed by atoms with E-state index in [-0.39, 0.29) is 17.9 Å². The van der Waals surface area contributed by atoms with Gasteiger partial charge in [0.05, 0.1) is 7.11 Å². The molecular weight excluding hydrogens is 228 g/mol. The summed E-state index contributed by atoms with van der Waals surface area (Å²) in [5.41, 5.74) is 6.74. The monoisotopic (exact) mass is 248 g/mol. The van der Waals surface area contributed by atoms with Crippen molar-refractivity contribution in [2.45, 2.75) is 25.4 Å². The molecule has 1 saturated carbocycles. The fourth-order valence-corrected chi connectivity index (χ4v) is 2.34. The Morgan fingerprint density at radius 2 is 2.11 bits per heavy atom. The van der Waals surface area contributed by atoms with Gasteiger partial charge in [0.15, 0.2) is 0 Å². The lowest BCUT2D eigenvalue weighted by molar-refractivity contribution is -0.137. The number of carbonyl (C=O) groups is 1. The van der Waals surface area contributed by atoms with Crippen LogP contribution >= 0.6 is 0 Å². The molecular formula is C14H20N2O2. The fraction of sp³-hybridized carbons (Fsp3) is 0.500. The lowest BCUT2D eigenvalue weighted by atomic mass is 9.80. The molecule has 0 heterocycles. The van der Waals surface area contributed by atoms with Crippen molar-refractivity contribution in [3.63, 3.8) is 0 Å². The quantitative estimate of drug-likeness (QED) is 0.876. The van der Waals surface area contributed by atoms with E-state index in [2.05, 4.69) is 0 Å². The summed E-state index contributed by atoms with van der Waals surface area (Å²) in [6.07, 6.45) is 1.63. The minimum Gasteiger partial charge on any atom is -0.496 e. The Kier molecular flexibility index (Phi) is 3.87. The molecule has 1 fully saturated rings. The van der Waals surface area contributed by atoms with E-state index in [4.69, 9.17) is 10.5 Å². The van der Waals surface area contributed by atoms with Crippen LogP contribution in [0.25, 0.3) is 0 Å². The number of ether oxygens (including phenoxy) is 1. The highest BCUT2D eigenvalue weighted by molar-refractivity contribution is 5.79. The largest absolute Gasteiger partial charge is 0.496 e. The predicted octanol–water partition coefficient (Wildman–Crippen LogP) is 1.39. The number of hydrogen-bond donors (Lipinski definition) is 1. The van der Waals surface area contributed by atoms with Crippen LogP contribution in [0, 0.1) is 5.92 Å². The molecule has 0 atom stereocenters. The summed E-state index contributed by atoms with van der Waals surface area (Å²) < 4.78 is 5.29. The van der Waals surface area contributed by atoms with Crippen LogP contribution in [0.4, 0.5) is 0 Å². The number of hydrogen-bond acceptors (Lipinski definition) is 3. The van der Waals surface area contributed by atoms with Gasteiger partial charge in [-0.2, -0.15) is 0 Å². The van der Waals surface area contributed by atoms with Crippen molar-refractivity contribution < 1.29 is 9.53 Å². The number of rotatable bonds is 4. The first kappa shape index (κ1) is 12.9. The number of carbonyl (C=O) groups excluding carboxylic acids is 1. The third-order valence-corrected chi connectivity index (χ3v) is 3.50. The molecule has 1 aliphatic rings. The lowest BCUT2D eigenvalue weighted by Crippen LogP contribution is -2.45. The van der Waals surface area contributed by atoms with Crippen LogP contribution < -0.4 is 10.5 Å². The van der Waals surface area contributed by atoms with Gasteiger partial charge in [0.2, 0.25) is 5.91 Å². The van der Waals surface area contributed by atoms with Gasteiger partial charge in [0, 0.05) is 31.1 Å². The maximum absolute atomic E-state index is 12.1. The van der Waals surface area contributed by atoms with Crippen LogP contribution in [0.3, 0.4) is 0 Å². The zero-order chi connectivity index (χ0) is 13.1. The van der Waals surface area contributed by atoms with Gasteiger partial charge >= 0.3 is 0 Å². The fourth-order valence-electron chi connectivity index (χ4n) is 2.34. The van der Waals surface area contributed by atoms with Gasteiger partial charge in [-0.3, -0.25) is 4.79 Å². The number of benzene rings is 1. The van der Waals surface area contributed by atoms with Gasteiger partial charge in [-0.25, -0.2) is 0 Å². The summed E-state index contributed by atoms with van der Waals surface area (Å²) in [5, 5.41) is 0. The molecule has 0 aromatic heterocycles. The van der Waals surface area contributed by atoms with E-state index in [0.717, 1.165) is 24.2 Å². The zero-order valence-corrected chi connectivity index (χ0v) is 10.9. The van der Waals surface area contributed by atoms with Crippen LogP contribution in [0.1, 0.15) is 18.4 Å². The normalized spacial score (nSPS) is 22.2. The topological polar surface area (TPSA) is 55.6 Å². The summed E-state index contributed by atoms with van der Waals surface area (Å²) in [6, 6.07) is 7.98. The summed E-state index contributed by atoms with van der Waals surface area (Å²) in [5.74, 6) is 1.12. The molecule has 2 N–H and O–H groups in total. The third-order valence-electron chi connectivity index (χ3n) is 3.50. The molecule has 0 aliphatic heterocycles. The van der Waals surface area contributed by atoms with Crippen LogP contribution in [0.5, 0.6) is 5.75 Å². The number of nitrogens with two attached hydrogens (primary N) is 1. The average molecular weight is 248 g/mol. The highest BCUT2D eigenvalue weighted by Crippen LogP contribution is 2.28. The molecule has 2 rings (SSSR count). The van der Waals surface area contributed by atoms with E-state index in [1.54, 1.807) is 12.0 Å². The van der Waals surface area contributed by atoms with Crippen molar-refractivity contribution in [1.29, 1.82) is 0 Å². The Bertz CT molecular complexity index is 428. The van der Waals surface area contributed by atoms with Crippen molar-refractivity contribution in [3.8, 4) is 5.75 Å². The second-order valence-corrected chi connectivity index (χ2v) is 4.93. The Morgan fingerprint density at radius 1 is 1.44 bits per heavy atom. The van der Waals surface area contributed by atoms with Crippen LogP contribution in [0.2, 0.25) is 0 Å². The van der Waals surface area contributed by atoms with Gasteiger partial charge in [0.25, 0.3) is 0 Å². The summed E-state index contributed by atoms with van der Waals surface area (Å²) in [7, 11) is 3.48. The molecule has 18 heavy (non-hydrogen) atoms. The number of para-hydroxylation sites is 1. The molecule has 1 aromatic carbocycles. The molecule has 1 aromatic rings.